The maximum atomic E-state index is 13.8. The number of para-hydroxylation sites is 1. The Morgan fingerprint density at radius 2 is 1.82 bits per heavy atom. The summed E-state index contributed by atoms with van der Waals surface area (Å²) in [5.74, 6) is -0.651. The second-order valence-corrected chi connectivity index (χ2v) is 12.7. The van der Waals surface area contributed by atoms with Gasteiger partial charge in [0, 0.05) is 0 Å². The summed E-state index contributed by atoms with van der Waals surface area (Å²) in [5.41, 5.74) is 7.02. The number of imidazole rings is 1. The first-order valence-corrected chi connectivity index (χ1v) is 16.6. The Labute approximate surface area is 280 Å². The van der Waals surface area contributed by atoms with Crippen molar-refractivity contribution in [2.45, 2.75) is 57.5 Å². The molecule has 6 N–H and O–H groups in total. The van der Waals surface area contributed by atoms with Crippen molar-refractivity contribution < 1.29 is 52.5 Å². The van der Waals surface area contributed by atoms with Crippen LogP contribution in [0, 0.1) is 0 Å². The number of anilines is 1. The minimum Gasteiger partial charge on any atom is -0.465 e. The average molecular weight is 702 g/mol. The van der Waals surface area contributed by atoms with E-state index >= 15 is 0 Å². The molecular weight excluding hydrogens is 665 g/mol. The van der Waals surface area contributed by atoms with Gasteiger partial charge in [0.2, 0.25) is 0 Å². The monoisotopic (exact) mass is 701 g/mol. The number of aromatic nitrogens is 4. The van der Waals surface area contributed by atoms with Crippen LogP contribution < -0.4 is 25.7 Å². The van der Waals surface area contributed by atoms with Crippen molar-refractivity contribution in [1.82, 2.24) is 30.1 Å². The lowest BCUT2D eigenvalue weighted by Crippen LogP contribution is -2.44. The largest absolute Gasteiger partial charge is 0.465 e. The molecule has 1 aliphatic rings. The highest BCUT2D eigenvalue weighted by molar-refractivity contribution is 7.52. The molecule has 1 saturated heterocycles. The molecule has 262 valence electrons. The van der Waals surface area contributed by atoms with E-state index in [1.54, 1.807) is 49.4 Å². The maximum Gasteiger partial charge on any atom is 0.459 e. The highest BCUT2D eigenvalue weighted by Gasteiger charge is 2.54. The number of hydrogen-bond donors (Lipinski definition) is 5. The SMILES string of the molecule is CCOC(=O)[C@H](C)NP(=O)(OC[C@H]1O[C@@H](n2cnc3c(N)nc(ONC(=O)OCc4ccccc4)nc32)[C@](C)(O)[C@@H]1O)Oc1ccccc1. The Balaban J connectivity index is 1.30. The molecule has 18 nitrogen and oxygen atoms in total. The number of hydrogen-bond acceptors (Lipinski definition) is 15. The molecule has 4 aromatic rings. The first-order valence-electron chi connectivity index (χ1n) is 15.0. The van der Waals surface area contributed by atoms with Crippen LogP contribution in [0.25, 0.3) is 11.2 Å². The molecule has 2 aromatic carbocycles. The number of aliphatic hydroxyl groups is 2. The first kappa shape index (κ1) is 35.5. The van der Waals surface area contributed by atoms with Crippen LogP contribution in [0.4, 0.5) is 10.6 Å². The fourth-order valence-corrected chi connectivity index (χ4v) is 6.29. The van der Waals surface area contributed by atoms with E-state index in [-0.39, 0.29) is 42.0 Å². The van der Waals surface area contributed by atoms with Gasteiger partial charge in [-0.25, -0.2) is 14.3 Å². The summed E-state index contributed by atoms with van der Waals surface area (Å²) in [5, 5.41) is 25.0. The van der Waals surface area contributed by atoms with Crippen LogP contribution in [0.5, 0.6) is 11.8 Å². The number of ether oxygens (including phenoxy) is 3. The van der Waals surface area contributed by atoms with E-state index < -0.39 is 56.5 Å². The van der Waals surface area contributed by atoms with Crippen LogP contribution in [0.2, 0.25) is 0 Å². The van der Waals surface area contributed by atoms with Crippen LogP contribution in [-0.4, -0.2) is 78.9 Å². The van der Waals surface area contributed by atoms with Gasteiger partial charge in [-0.15, -0.1) is 5.48 Å². The van der Waals surface area contributed by atoms with Gasteiger partial charge in [0.1, 0.15) is 36.2 Å². The second kappa shape index (κ2) is 15.1. The van der Waals surface area contributed by atoms with E-state index in [0.29, 0.717) is 0 Å². The quantitative estimate of drug-likeness (QED) is 0.0720. The lowest BCUT2D eigenvalue weighted by Gasteiger charge is -2.27. The molecule has 2 aromatic heterocycles. The van der Waals surface area contributed by atoms with E-state index in [2.05, 4.69) is 25.5 Å². The fourth-order valence-electron chi connectivity index (χ4n) is 4.79. The Morgan fingerprint density at radius 3 is 2.51 bits per heavy atom. The molecule has 1 amide bonds. The molecule has 0 spiro atoms. The van der Waals surface area contributed by atoms with Gasteiger partial charge in [-0.1, -0.05) is 48.5 Å². The van der Waals surface area contributed by atoms with Gasteiger partial charge < -0.3 is 39.5 Å². The molecule has 0 radical (unpaired) electrons. The number of nitrogen functional groups attached to an aromatic ring is 1. The number of esters is 1. The van der Waals surface area contributed by atoms with Crippen molar-refractivity contribution in [1.29, 1.82) is 0 Å². The van der Waals surface area contributed by atoms with Crippen LogP contribution in [0.3, 0.4) is 0 Å². The zero-order chi connectivity index (χ0) is 35.2. The number of benzene rings is 2. The number of hydroxylamine groups is 1. The number of fused-ring (bicyclic) bond motifs is 1. The minimum atomic E-state index is -4.31. The van der Waals surface area contributed by atoms with E-state index in [4.69, 9.17) is 33.8 Å². The van der Waals surface area contributed by atoms with Crippen LogP contribution in [0.15, 0.2) is 67.0 Å². The smallest absolute Gasteiger partial charge is 0.459 e. The summed E-state index contributed by atoms with van der Waals surface area (Å²) in [6, 6.07) is 15.6. The second-order valence-electron chi connectivity index (χ2n) is 11.0. The number of carbonyl (C=O) groups is 2. The van der Waals surface area contributed by atoms with Gasteiger partial charge in [0.25, 0.3) is 0 Å². The number of nitrogens with one attached hydrogen (secondary N) is 2. The topological polar surface area (TPSA) is 241 Å². The molecule has 49 heavy (non-hydrogen) atoms. The Bertz CT molecular complexity index is 1800. The van der Waals surface area contributed by atoms with Crippen molar-refractivity contribution in [2.75, 3.05) is 18.9 Å². The molecule has 5 rings (SSSR count). The molecular formula is C30H36N7O11P. The Hall–Kier alpha value is -4.84. The highest BCUT2D eigenvalue weighted by Crippen LogP contribution is 2.47. The summed E-state index contributed by atoms with van der Waals surface area (Å²) in [6.45, 7) is 3.87. The molecule has 0 bridgehead atoms. The van der Waals surface area contributed by atoms with E-state index in [1.165, 1.54) is 36.9 Å². The van der Waals surface area contributed by atoms with Gasteiger partial charge in [-0.05, 0) is 38.5 Å². The third-order valence-electron chi connectivity index (χ3n) is 7.24. The first-order chi connectivity index (χ1) is 23.4. The van der Waals surface area contributed by atoms with Crippen LogP contribution in [0.1, 0.15) is 32.6 Å². The number of rotatable bonds is 14. The van der Waals surface area contributed by atoms with E-state index in [0.717, 1.165) is 5.56 Å². The van der Waals surface area contributed by atoms with Crippen molar-refractivity contribution >= 4 is 36.8 Å². The number of amides is 1. The number of nitrogens with two attached hydrogens (primary N) is 1. The standard InChI is InChI=1S/C30H36N7O11P/c1-4-43-26(39)18(2)36-49(42,48-20-13-9-6-10-14-20)45-16-21-23(38)30(3,41)27(46-21)37-17-32-22-24(31)33-28(34-25(22)37)47-35-29(40)44-15-19-11-7-5-8-12-19/h5-14,17-18,21,23,27,38,41H,4,15-16H2,1-3H3,(H,35,40)(H,36,42)(H2,31,33,34)/t18-,21+,23+,27+,30+,49?/m0/s1. The van der Waals surface area contributed by atoms with Crippen molar-refractivity contribution in [3.05, 3.63) is 72.6 Å². The molecule has 0 saturated carbocycles. The van der Waals surface area contributed by atoms with Crippen molar-refractivity contribution in [3.63, 3.8) is 0 Å². The summed E-state index contributed by atoms with van der Waals surface area (Å²) < 4.78 is 42.5. The molecule has 6 atom stereocenters. The average Bonchev–Trinajstić information content (AvgIpc) is 3.60. The summed E-state index contributed by atoms with van der Waals surface area (Å²) >= 11 is 0. The molecule has 3 heterocycles. The predicted octanol–water partition coefficient (Wildman–Crippen LogP) is 2.38. The van der Waals surface area contributed by atoms with Crippen LogP contribution in [-0.2, 0) is 34.7 Å². The highest BCUT2D eigenvalue weighted by atomic mass is 31.2. The molecule has 1 fully saturated rings. The predicted molar refractivity (Wildman–Crippen MR) is 171 cm³/mol. The van der Waals surface area contributed by atoms with E-state index in [1.807, 2.05) is 6.07 Å². The fraction of sp³-hybridized carbons (Fsp3) is 0.367. The molecule has 0 aliphatic carbocycles. The van der Waals surface area contributed by atoms with Gasteiger partial charge in [-0.2, -0.15) is 15.1 Å². The lowest BCUT2D eigenvalue weighted by atomic mass is 9.96. The zero-order valence-corrected chi connectivity index (χ0v) is 27.6. The van der Waals surface area contributed by atoms with Gasteiger partial charge >= 0.3 is 25.8 Å². The molecule has 1 unspecified atom stereocenters. The molecule has 1 aliphatic heterocycles. The van der Waals surface area contributed by atoms with Crippen molar-refractivity contribution in [3.8, 4) is 11.8 Å². The summed E-state index contributed by atoms with van der Waals surface area (Å²) in [6.07, 6.45) is -3.89. The number of aliphatic hydroxyl groups excluding tert-OH is 1. The number of nitrogens with zero attached hydrogens (tertiary/aromatic N) is 4. The maximum absolute atomic E-state index is 13.8. The third-order valence-corrected chi connectivity index (χ3v) is 8.89. The van der Waals surface area contributed by atoms with Gasteiger partial charge in [-0.3, -0.25) is 13.9 Å². The van der Waals surface area contributed by atoms with Gasteiger partial charge in [0.05, 0.1) is 19.5 Å². The Morgan fingerprint density at radius 1 is 1.12 bits per heavy atom. The van der Waals surface area contributed by atoms with Crippen LogP contribution >= 0.6 is 7.75 Å². The number of carbonyl (C=O) groups excluding carboxylic acids is 2. The van der Waals surface area contributed by atoms with E-state index in [9.17, 15) is 24.4 Å². The van der Waals surface area contributed by atoms with Gasteiger partial charge in [0.15, 0.2) is 23.2 Å². The summed E-state index contributed by atoms with van der Waals surface area (Å²) in [7, 11) is -4.31. The summed E-state index contributed by atoms with van der Waals surface area (Å²) in [4.78, 5) is 42.0. The minimum absolute atomic E-state index is 0.0134. The normalized spacial score (nSPS) is 22.2. The third kappa shape index (κ3) is 8.43. The zero-order valence-electron chi connectivity index (χ0n) is 26.7. The van der Waals surface area contributed by atoms with Crippen molar-refractivity contribution in [2.24, 2.45) is 0 Å². The lowest BCUT2D eigenvalue weighted by molar-refractivity contribution is -0.144. The Kier molecular flexibility index (Phi) is 11.0. The molecule has 19 heteroatoms.